The Morgan fingerprint density at radius 3 is 1.38 bits per heavy atom. The van der Waals surface area contributed by atoms with E-state index in [0.717, 1.165) is 54.3 Å². The van der Waals surface area contributed by atoms with Gasteiger partial charge in [0, 0.05) is 9.85 Å². The van der Waals surface area contributed by atoms with Crippen LogP contribution in [0.5, 0.6) is 0 Å². The first-order valence-corrected chi connectivity index (χ1v) is 12.3. The van der Waals surface area contributed by atoms with Crippen molar-refractivity contribution in [1.29, 1.82) is 0 Å². The van der Waals surface area contributed by atoms with Crippen molar-refractivity contribution in [3.8, 4) is 0 Å². The fraction of sp³-hybridized carbons (Fsp3) is 0.167. The van der Waals surface area contributed by atoms with E-state index in [2.05, 4.69) is 0 Å². The molecule has 0 saturated carbocycles. The summed E-state index contributed by atoms with van der Waals surface area (Å²) in [7, 11) is 1.94. The van der Waals surface area contributed by atoms with Gasteiger partial charge >= 0.3 is 0 Å². The van der Waals surface area contributed by atoms with Gasteiger partial charge in [-0.2, -0.15) is 0 Å². The highest BCUT2D eigenvalue weighted by Crippen LogP contribution is 2.36. The largest absolute Gasteiger partial charge is 0.272 e. The molecule has 4 aromatic rings. The fourth-order valence-corrected chi connectivity index (χ4v) is 6.22. The number of rotatable bonds is 9. The highest BCUT2D eigenvalue weighted by Gasteiger charge is 2.30. The van der Waals surface area contributed by atoms with E-state index in [1.54, 1.807) is 0 Å². The van der Waals surface area contributed by atoms with Gasteiger partial charge in [-0.3, -0.25) is 20.2 Å². The van der Waals surface area contributed by atoms with E-state index in [4.69, 9.17) is 0 Å². The smallest absolute Gasteiger partial charge is 0.263 e. The summed E-state index contributed by atoms with van der Waals surface area (Å²) in [5.74, 6) is 0. The van der Waals surface area contributed by atoms with Crippen LogP contribution in [0.3, 0.4) is 0 Å². The number of benzene rings is 4. The maximum absolute atomic E-state index is 11.8. The molecule has 0 heterocycles. The number of nitrogens with zero attached hydrogens (tertiary/aromatic N) is 2. The fourth-order valence-electron chi connectivity index (χ4n) is 3.73. The van der Waals surface area contributed by atoms with E-state index >= 15 is 0 Å². The van der Waals surface area contributed by atoms with Crippen molar-refractivity contribution in [2.24, 2.45) is 0 Å². The second kappa shape index (κ2) is 10.0. The molecule has 0 aliphatic carbocycles. The number of nitro groups is 2. The summed E-state index contributed by atoms with van der Waals surface area (Å²) < 4.78 is 0. The van der Waals surface area contributed by atoms with Crippen LogP contribution in [-0.4, -0.2) is 20.6 Å². The van der Waals surface area contributed by atoms with Crippen molar-refractivity contribution < 1.29 is 9.85 Å². The highest BCUT2D eigenvalue weighted by molar-refractivity contribution is 8.77. The van der Waals surface area contributed by atoms with Gasteiger partial charge < -0.3 is 0 Å². The normalized spacial score (nSPS) is 13.1. The quantitative estimate of drug-likeness (QED) is 0.124. The van der Waals surface area contributed by atoms with Crippen LogP contribution in [0.25, 0.3) is 21.5 Å². The molecule has 8 heteroatoms. The summed E-state index contributed by atoms with van der Waals surface area (Å²) in [6.07, 6.45) is 0.398. The molecule has 0 amide bonds. The lowest BCUT2D eigenvalue weighted by atomic mass is 10.0. The summed E-state index contributed by atoms with van der Waals surface area (Å²) in [5, 5.41) is 25.5. The number of hydrogen-bond acceptors (Lipinski definition) is 6. The van der Waals surface area contributed by atoms with Crippen molar-refractivity contribution in [1.82, 2.24) is 0 Å². The van der Waals surface area contributed by atoms with Gasteiger partial charge in [-0.05, 0) is 54.3 Å². The summed E-state index contributed by atoms with van der Waals surface area (Å²) in [4.78, 5) is 22.8. The minimum absolute atomic E-state index is 0.199. The first-order chi connectivity index (χ1) is 15.5. The summed E-state index contributed by atoms with van der Waals surface area (Å²) in [6, 6.07) is 26.9. The predicted octanol–water partition coefficient (Wildman–Crippen LogP) is 6.37. The Balaban J connectivity index is 1.51. The molecule has 4 rings (SSSR count). The molecule has 0 bridgehead atoms. The van der Waals surface area contributed by atoms with Crippen molar-refractivity contribution in [2.45, 2.75) is 23.6 Å². The molecule has 6 nitrogen and oxygen atoms in total. The van der Waals surface area contributed by atoms with E-state index in [-0.39, 0.29) is 22.7 Å². The van der Waals surface area contributed by atoms with Crippen LogP contribution < -0.4 is 0 Å². The van der Waals surface area contributed by atoms with E-state index in [1.807, 2.05) is 84.9 Å². The van der Waals surface area contributed by atoms with E-state index < -0.39 is 10.7 Å². The van der Waals surface area contributed by atoms with Crippen LogP contribution in [0.15, 0.2) is 84.9 Å². The minimum atomic E-state index is -0.985. The van der Waals surface area contributed by atoms with Crippen LogP contribution in [0, 0.1) is 20.2 Å². The molecule has 4 aromatic carbocycles. The third kappa shape index (κ3) is 5.03. The number of fused-ring (bicyclic) bond motifs is 2. The summed E-state index contributed by atoms with van der Waals surface area (Å²) >= 11 is 0. The first-order valence-electron chi connectivity index (χ1n) is 10.1. The van der Waals surface area contributed by atoms with Gasteiger partial charge in [-0.15, -0.1) is 0 Å². The topological polar surface area (TPSA) is 86.3 Å². The van der Waals surface area contributed by atoms with Crippen LogP contribution in [0.1, 0.15) is 11.1 Å². The van der Waals surface area contributed by atoms with Gasteiger partial charge in [-0.25, -0.2) is 0 Å². The van der Waals surface area contributed by atoms with Gasteiger partial charge in [0.15, 0.2) is 0 Å². The zero-order chi connectivity index (χ0) is 22.5. The zero-order valence-corrected chi connectivity index (χ0v) is 18.6. The second-order valence-corrected chi connectivity index (χ2v) is 9.99. The zero-order valence-electron chi connectivity index (χ0n) is 17.0. The molecular weight excluding hydrogens is 444 g/mol. The minimum Gasteiger partial charge on any atom is -0.263 e. The Morgan fingerprint density at radius 1 is 0.594 bits per heavy atom. The van der Waals surface area contributed by atoms with E-state index in [0.29, 0.717) is 0 Å². The molecule has 0 aliphatic rings. The number of hydrogen-bond donors (Lipinski definition) is 0. The molecule has 0 N–H and O–H groups in total. The summed E-state index contributed by atoms with van der Waals surface area (Å²) in [6.45, 7) is 0. The Morgan fingerprint density at radius 2 is 0.969 bits per heavy atom. The Hall–Kier alpha value is -3.10. The van der Waals surface area contributed by atoms with Crippen molar-refractivity contribution >= 4 is 43.1 Å². The van der Waals surface area contributed by atoms with Crippen molar-refractivity contribution in [2.75, 3.05) is 0 Å². The Labute approximate surface area is 192 Å². The van der Waals surface area contributed by atoms with E-state index in [1.165, 1.54) is 0 Å². The van der Waals surface area contributed by atoms with Crippen LogP contribution in [-0.2, 0) is 12.8 Å². The molecule has 0 aliphatic heterocycles. The first kappa shape index (κ1) is 22.1. The molecule has 162 valence electrons. The predicted molar refractivity (Wildman–Crippen MR) is 132 cm³/mol. The lowest BCUT2D eigenvalue weighted by Crippen LogP contribution is -2.21. The summed E-state index contributed by atoms with van der Waals surface area (Å²) in [5.41, 5.74) is 1.73. The highest BCUT2D eigenvalue weighted by atomic mass is 33.1. The van der Waals surface area contributed by atoms with Gasteiger partial charge in [0.25, 0.3) is 10.7 Å². The standard InChI is InChI=1S/C24H20N2O4S2/c27-25(28)23(15-19-11-5-9-17-7-1-3-13-21(17)19)31-32-24(26(29)30)16-20-12-6-10-18-8-2-4-14-22(18)20/h1-14,23-24H,15-16H2. The van der Waals surface area contributed by atoms with Crippen LogP contribution in [0.2, 0.25) is 0 Å². The van der Waals surface area contributed by atoms with Crippen molar-refractivity contribution in [3.63, 3.8) is 0 Å². The molecule has 2 unspecified atom stereocenters. The molecule has 0 radical (unpaired) electrons. The maximum Gasteiger partial charge on any atom is 0.272 e. The van der Waals surface area contributed by atoms with Gasteiger partial charge in [0.05, 0.1) is 12.8 Å². The molecule has 32 heavy (non-hydrogen) atoms. The lowest BCUT2D eigenvalue weighted by Gasteiger charge is -2.14. The third-order valence-corrected chi connectivity index (χ3v) is 8.20. The second-order valence-electron chi connectivity index (χ2n) is 7.36. The molecule has 0 fully saturated rings. The average molecular weight is 465 g/mol. The van der Waals surface area contributed by atoms with E-state index in [9.17, 15) is 20.2 Å². The van der Waals surface area contributed by atoms with Crippen LogP contribution >= 0.6 is 21.6 Å². The molecule has 0 spiro atoms. The van der Waals surface area contributed by atoms with Gasteiger partial charge in [-0.1, -0.05) is 84.9 Å². The molecule has 0 saturated heterocycles. The molecule has 2 atom stereocenters. The van der Waals surface area contributed by atoms with Crippen molar-refractivity contribution in [3.05, 3.63) is 116 Å². The van der Waals surface area contributed by atoms with Gasteiger partial charge in [0.2, 0.25) is 0 Å². The van der Waals surface area contributed by atoms with Crippen LogP contribution in [0.4, 0.5) is 0 Å². The molecular formula is C24H20N2O4S2. The SMILES string of the molecule is O=[N+]([O-])C(Cc1cccc2ccccc12)SSC(Cc1cccc2ccccc12)[N+](=O)[O-]. The monoisotopic (exact) mass is 464 g/mol. The lowest BCUT2D eigenvalue weighted by molar-refractivity contribution is -0.496. The van der Waals surface area contributed by atoms with Gasteiger partial charge in [0.1, 0.15) is 0 Å². The average Bonchev–Trinajstić information content (AvgIpc) is 2.80. The maximum atomic E-state index is 11.8. The Bertz CT molecular complexity index is 1170. The molecule has 0 aromatic heterocycles. The third-order valence-electron chi connectivity index (χ3n) is 5.30. The Kier molecular flexibility index (Phi) is 6.92.